The average molecular weight is 319 g/mol. The third-order valence-electron chi connectivity index (χ3n) is 3.23. The number of amides is 1. The Balaban J connectivity index is 3.06. The summed E-state index contributed by atoms with van der Waals surface area (Å²) in [4.78, 5) is 12.5. The van der Waals surface area contributed by atoms with Crippen LogP contribution in [0.3, 0.4) is 0 Å². The zero-order chi connectivity index (χ0) is 17.1. The van der Waals surface area contributed by atoms with Gasteiger partial charge in [0, 0.05) is 5.54 Å². The molecule has 1 aromatic carbocycles. The van der Waals surface area contributed by atoms with Gasteiger partial charge in [-0.15, -0.1) is 0 Å². The molecule has 0 saturated heterocycles. The molecule has 1 amide bonds. The molecule has 0 unspecified atom stereocenters. The Kier molecular flexibility index (Phi) is 5.45. The summed E-state index contributed by atoms with van der Waals surface area (Å²) >= 11 is 0. The molecule has 1 rings (SSSR count). The normalized spacial score (nSPS) is 13.8. The van der Waals surface area contributed by atoms with Crippen molar-refractivity contribution in [2.45, 2.75) is 44.9 Å². The van der Waals surface area contributed by atoms with E-state index in [0.717, 1.165) is 17.0 Å². The molecule has 0 heterocycles. The quantitative estimate of drug-likeness (QED) is 0.894. The van der Waals surface area contributed by atoms with Crippen LogP contribution in [0.4, 0.5) is 18.0 Å². The van der Waals surface area contributed by atoms with Gasteiger partial charge in [-0.2, -0.15) is 13.2 Å². The summed E-state index contributed by atoms with van der Waals surface area (Å²) < 4.78 is 38.1. The highest BCUT2D eigenvalue weighted by Gasteiger charge is 2.34. The SMILES string of the molecule is CC(C)(C)N(C(=O)O)[C@H](CO)Cc1cccc(C(F)(F)F)c1. The smallest absolute Gasteiger partial charge is 0.416 e. The predicted molar refractivity (Wildman–Crippen MR) is 75.6 cm³/mol. The summed E-state index contributed by atoms with van der Waals surface area (Å²) in [6.07, 6.45) is -5.68. The van der Waals surface area contributed by atoms with Gasteiger partial charge in [-0.1, -0.05) is 18.2 Å². The molecule has 2 N–H and O–H groups in total. The van der Waals surface area contributed by atoms with E-state index in [9.17, 15) is 28.2 Å². The second kappa shape index (κ2) is 6.56. The first-order chi connectivity index (χ1) is 9.96. The second-order valence-corrected chi connectivity index (χ2v) is 6.06. The largest absolute Gasteiger partial charge is 0.465 e. The van der Waals surface area contributed by atoms with Gasteiger partial charge in [0.05, 0.1) is 18.2 Å². The number of hydrogen-bond donors (Lipinski definition) is 2. The minimum Gasteiger partial charge on any atom is -0.465 e. The van der Waals surface area contributed by atoms with E-state index in [1.54, 1.807) is 20.8 Å². The van der Waals surface area contributed by atoms with Gasteiger partial charge in [-0.25, -0.2) is 4.79 Å². The van der Waals surface area contributed by atoms with Crippen LogP contribution in [0.25, 0.3) is 0 Å². The van der Waals surface area contributed by atoms with Crippen molar-refractivity contribution in [1.29, 1.82) is 0 Å². The van der Waals surface area contributed by atoms with E-state index in [4.69, 9.17) is 0 Å². The summed E-state index contributed by atoms with van der Waals surface area (Å²) in [7, 11) is 0. The number of nitrogens with zero attached hydrogens (tertiary/aromatic N) is 1. The molecule has 0 aromatic heterocycles. The van der Waals surface area contributed by atoms with Crippen molar-refractivity contribution < 1.29 is 28.2 Å². The third-order valence-corrected chi connectivity index (χ3v) is 3.23. The summed E-state index contributed by atoms with van der Waals surface area (Å²) in [5.41, 5.74) is -1.25. The van der Waals surface area contributed by atoms with Crippen molar-refractivity contribution in [1.82, 2.24) is 4.90 Å². The summed E-state index contributed by atoms with van der Waals surface area (Å²) in [6, 6.07) is 3.87. The van der Waals surface area contributed by atoms with E-state index in [2.05, 4.69) is 0 Å². The zero-order valence-electron chi connectivity index (χ0n) is 12.7. The molecule has 0 aliphatic carbocycles. The molecule has 124 valence electrons. The second-order valence-electron chi connectivity index (χ2n) is 6.06. The standard InChI is InChI=1S/C15H20F3NO3/c1-14(2,3)19(13(21)22)12(9-20)8-10-5-4-6-11(7-10)15(16,17)18/h4-7,12,20H,8-9H2,1-3H3,(H,21,22)/t12-/m0/s1. The Bertz CT molecular complexity index is 523. The maximum Gasteiger partial charge on any atom is 0.416 e. The fourth-order valence-corrected chi connectivity index (χ4v) is 2.38. The molecule has 0 fully saturated rings. The summed E-state index contributed by atoms with van der Waals surface area (Å²) in [6.45, 7) is 4.52. The van der Waals surface area contributed by atoms with Crippen molar-refractivity contribution in [3.63, 3.8) is 0 Å². The van der Waals surface area contributed by atoms with Gasteiger partial charge in [-0.3, -0.25) is 4.90 Å². The first-order valence-corrected chi connectivity index (χ1v) is 6.76. The first kappa shape index (κ1) is 18.3. The molecule has 0 aliphatic heterocycles. The lowest BCUT2D eigenvalue weighted by molar-refractivity contribution is -0.137. The molecule has 0 aliphatic rings. The van der Waals surface area contributed by atoms with Gasteiger partial charge in [-0.05, 0) is 38.8 Å². The van der Waals surface area contributed by atoms with Crippen LogP contribution >= 0.6 is 0 Å². The van der Waals surface area contributed by atoms with Crippen LogP contribution in [-0.2, 0) is 12.6 Å². The van der Waals surface area contributed by atoms with E-state index in [0.29, 0.717) is 5.56 Å². The van der Waals surface area contributed by atoms with Crippen LogP contribution in [0.15, 0.2) is 24.3 Å². The lowest BCUT2D eigenvalue weighted by atomic mass is 9.98. The molecule has 4 nitrogen and oxygen atoms in total. The van der Waals surface area contributed by atoms with Gasteiger partial charge in [0.2, 0.25) is 0 Å². The van der Waals surface area contributed by atoms with Crippen molar-refractivity contribution >= 4 is 6.09 Å². The highest BCUT2D eigenvalue weighted by atomic mass is 19.4. The molecule has 22 heavy (non-hydrogen) atoms. The summed E-state index contributed by atoms with van der Waals surface area (Å²) in [5.74, 6) is 0. The number of aliphatic hydroxyl groups is 1. The Morgan fingerprint density at radius 2 is 1.86 bits per heavy atom. The predicted octanol–water partition coefficient (Wildman–Crippen LogP) is 3.39. The molecule has 1 atom stereocenters. The molecule has 0 saturated carbocycles. The maximum absolute atomic E-state index is 12.7. The summed E-state index contributed by atoms with van der Waals surface area (Å²) in [5, 5.41) is 18.8. The number of benzene rings is 1. The lowest BCUT2D eigenvalue weighted by Crippen LogP contribution is -2.53. The van der Waals surface area contributed by atoms with Crippen LogP contribution in [0.5, 0.6) is 0 Å². The van der Waals surface area contributed by atoms with Crippen molar-refractivity contribution in [2.75, 3.05) is 6.61 Å². The number of hydrogen-bond acceptors (Lipinski definition) is 2. The molecular weight excluding hydrogens is 299 g/mol. The first-order valence-electron chi connectivity index (χ1n) is 6.76. The van der Waals surface area contributed by atoms with E-state index < -0.39 is 36.0 Å². The van der Waals surface area contributed by atoms with E-state index in [-0.39, 0.29) is 6.42 Å². The topological polar surface area (TPSA) is 60.8 Å². The molecule has 7 heteroatoms. The van der Waals surface area contributed by atoms with Gasteiger partial charge < -0.3 is 10.2 Å². The number of alkyl halides is 3. The monoisotopic (exact) mass is 319 g/mol. The fourth-order valence-electron chi connectivity index (χ4n) is 2.38. The highest BCUT2D eigenvalue weighted by Crippen LogP contribution is 2.30. The zero-order valence-corrected chi connectivity index (χ0v) is 12.7. The number of carbonyl (C=O) groups is 1. The van der Waals surface area contributed by atoms with Crippen LogP contribution in [0, 0.1) is 0 Å². The van der Waals surface area contributed by atoms with Crippen molar-refractivity contribution in [2.24, 2.45) is 0 Å². The Labute approximate surface area is 127 Å². The molecular formula is C15H20F3NO3. The van der Waals surface area contributed by atoms with Crippen molar-refractivity contribution in [3.05, 3.63) is 35.4 Å². The van der Waals surface area contributed by atoms with E-state index >= 15 is 0 Å². The Morgan fingerprint density at radius 3 is 2.27 bits per heavy atom. The van der Waals surface area contributed by atoms with Crippen LogP contribution in [-0.4, -0.2) is 39.4 Å². The number of aliphatic hydroxyl groups excluding tert-OH is 1. The van der Waals surface area contributed by atoms with E-state index in [1.807, 2.05) is 0 Å². The third kappa shape index (κ3) is 4.62. The lowest BCUT2D eigenvalue weighted by Gasteiger charge is -2.39. The highest BCUT2D eigenvalue weighted by molar-refractivity contribution is 5.66. The van der Waals surface area contributed by atoms with Gasteiger partial charge >= 0.3 is 12.3 Å². The number of rotatable bonds is 4. The Hall–Kier alpha value is -1.76. The van der Waals surface area contributed by atoms with E-state index in [1.165, 1.54) is 12.1 Å². The minimum absolute atomic E-state index is 0.00396. The van der Waals surface area contributed by atoms with Crippen LogP contribution < -0.4 is 0 Å². The molecule has 0 bridgehead atoms. The minimum atomic E-state index is -4.46. The molecule has 0 radical (unpaired) electrons. The van der Waals surface area contributed by atoms with Gasteiger partial charge in [0.25, 0.3) is 0 Å². The molecule has 1 aromatic rings. The van der Waals surface area contributed by atoms with Crippen LogP contribution in [0.2, 0.25) is 0 Å². The average Bonchev–Trinajstić information content (AvgIpc) is 2.35. The van der Waals surface area contributed by atoms with Gasteiger partial charge in [0.1, 0.15) is 0 Å². The van der Waals surface area contributed by atoms with Crippen LogP contribution in [0.1, 0.15) is 31.9 Å². The fraction of sp³-hybridized carbons (Fsp3) is 0.533. The maximum atomic E-state index is 12.7. The number of halogens is 3. The number of carboxylic acid groups (broad SMARTS) is 1. The van der Waals surface area contributed by atoms with Crippen molar-refractivity contribution in [3.8, 4) is 0 Å². The Morgan fingerprint density at radius 1 is 1.27 bits per heavy atom. The van der Waals surface area contributed by atoms with Gasteiger partial charge in [0.15, 0.2) is 0 Å². The molecule has 0 spiro atoms.